The molecule has 0 spiro atoms. The number of nitrogens with zero attached hydrogens (tertiary/aromatic N) is 1. The van der Waals surface area contributed by atoms with Gasteiger partial charge in [0.2, 0.25) is 0 Å². The largest absolute Gasteiger partial charge is 0.334 e. The number of rotatable bonds is 2. The molecular weight excluding hydrogens is 314 g/mol. The van der Waals surface area contributed by atoms with Crippen LogP contribution in [0.5, 0.6) is 0 Å². The summed E-state index contributed by atoms with van der Waals surface area (Å²) in [5, 5.41) is 4.28. The van der Waals surface area contributed by atoms with Crippen LogP contribution in [0.3, 0.4) is 0 Å². The molecule has 1 unspecified atom stereocenters. The minimum absolute atomic E-state index is 0.325. The van der Waals surface area contributed by atoms with Crippen molar-refractivity contribution in [2.45, 2.75) is 19.9 Å². The van der Waals surface area contributed by atoms with Crippen molar-refractivity contribution in [3.63, 3.8) is 0 Å². The van der Waals surface area contributed by atoms with Crippen LogP contribution in [0.1, 0.15) is 22.7 Å². The van der Waals surface area contributed by atoms with Crippen molar-refractivity contribution in [3.8, 4) is 0 Å². The first-order chi connectivity index (χ1) is 11.5. The van der Waals surface area contributed by atoms with Crippen LogP contribution in [0.4, 0.5) is 5.69 Å². The molecule has 0 aromatic heterocycles. The maximum absolute atomic E-state index is 5.76. The Morgan fingerprint density at radius 3 is 2.46 bits per heavy atom. The summed E-state index contributed by atoms with van der Waals surface area (Å²) in [5.41, 5.74) is 4.92. The summed E-state index contributed by atoms with van der Waals surface area (Å²) in [5.74, 6) is 0. The standard InChI is InChI=1S/C20H25N3S/c1-15-11-16(2)13-18(12-15)21-20(24)23-10-9-22(3)14-19(23)17-7-5-4-6-8-17/h4-8,11-13,19H,9-10,14H2,1-3H3,(H,21,24)/p+1/t19-/m1/s1. The highest BCUT2D eigenvalue weighted by atomic mass is 32.1. The summed E-state index contributed by atoms with van der Waals surface area (Å²) in [6.07, 6.45) is 0. The normalized spacial score (nSPS) is 20.7. The zero-order chi connectivity index (χ0) is 17.1. The summed E-state index contributed by atoms with van der Waals surface area (Å²) in [6.45, 7) is 7.39. The maximum atomic E-state index is 5.76. The van der Waals surface area contributed by atoms with Crippen molar-refractivity contribution in [1.29, 1.82) is 0 Å². The number of aryl methyl sites for hydroxylation is 2. The Kier molecular flexibility index (Phi) is 5.17. The van der Waals surface area contributed by atoms with E-state index in [1.165, 1.54) is 16.7 Å². The fourth-order valence-electron chi connectivity index (χ4n) is 3.47. The molecule has 2 aromatic rings. The minimum Gasteiger partial charge on any atom is -0.334 e. The van der Waals surface area contributed by atoms with Gasteiger partial charge in [-0.2, -0.15) is 0 Å². The smallest absolute Gasteiger partial charge is 0.174 e. The van der Waals surface area contributed by atoms with Crippen molar-refractivity contribution in [2.24, 2.45) is 0 Å². The number of hydrogen-bond acceptors (Lipinski definition) is 1. The lowest BCUT2D eigenvalue weighted by atomic mass is 10.0. The highest BCUT2D eigenvalue weighted by Gasteiger charge is 2.30. The average molecular weight is 341 g/mol. The van der Waals surface area contributed by atoms with Crippen molar-refractivity contribution < 1.29 is 4.90 Å². The van der Waals surface area contributed by atoms with Crippen LogP contribution >= 0.6 is 12.2 Å². The van der Waals surface area contributed by atoms with Crippen LogP contribution in [0.25, 0.3) is 0 Å². The monoisotopic (exact) mass is 340 g/mol. The van der Waals surface area contributed by atoms with E-state index in [0.717, 1.165) is 30.4 Å². The lowest BCUT2D eigenvalue weighted by molar-refractivity contribution is -0.887. The van der Waals surface area contributed by atoms with Gasteiger partial charge in [0.05, 0.1) is 20.1 Å². The first-order valence-corrected chi connectivity index (χ1v) is 8.96. The predicted octanol–water partition coefficient (Wildman–Crippen LogP) is 2.57. The Morgan fingerprint density at radius 2 is 1.79 bits per heavy atom. The third-order valence-electron chi connectivity index (χ3n) is 4.62. The van der Waals surface area contributed by atoms with Gasteiger partial charge in [-0.15, -0.1) is 0 Å². The molecule has 2 atom stereocenters. The molecule has 0 aliphatic carbocycles. The molecule has 2 aromatic carbocycles. The molecule has 1 fully saturated rings. The van der Waals surface area contributed by atoms with E-state index in [0.29, 0.717) is 6.04 Å². The Bertz CT molecular complexity index is 694. The van der Waals surface area contributed by atoms with Gasteiger partial charge >= 0.3 is 0 Å². The lowest BCUT2D eigenvalue weighted by Crippen LogP contribution is -3.12. The molecule has 3 nitrogen and oxygen atoms in total. The number of nitrogens with one attached hydrogen (secondary N) is 2. The van der Waals surface area contributed by atoms with Crippen LogP contribution in [-0.2, 0) is 0 Å². The molecule has 1 saturated heterocycles. The number of benzene rings is 2. The highest BCUT2D eigenvalue weighted by Crippen LogP contribution is 2.22. The Labute approximate surface area is 150 Å². The van der Waals surface area contributed by atoms with E-state index in [1.54, 1.807) is 4.90 Å². The molecular formula is C20H26N3S+. The van der Waals surface area contributed by atoms with E-state index in [9.17, 15) is 0 Å². The molecule has 0 bridgehead atoms. The number of thiocarbonyl (C=S) groups is 1. The number of quaternary nitrogens is 1. The Balaban J connectivity index is 1.81. The molecule has 24 heavy (non-hydrogen) atoms. The summed E-state index contributed by atoms with van der Waals surface area (Å²) >= 11 is 5.76. The van der Waals surface area contributed by atoms with Gasteiger partial charge in [-0.05, 0) is 54.9 Å². The second kappa shape index (κ2) is 7.32. The topological polar surface area (TPSA) is 19.7 Å². The fraction of sp³-hybridized carbons (Fsp3) is 0.350. The van der Waals surface area contributed by atoms with Gasteiger partial charge in [-0.25, -0.2) is 0 Å². The summed E-state index contributed by atoms with van der Waals surface area (Å²) in [4.78, 5) is 3.89. The molecule has 1 aliphatic rings. The Hall–Kier alpha value is -1.91. The SMILES string of the molecule is Cc1cc(C)cc(NC(=S)N2CC[NH+](C)C[C@@H]2c2ccccc2)c1. The summed E-state index contributed by atoms with van der Waals surface area (Å²) < 4.78 is 0. The second-order valence-corrected chi connectivity index (χ2v) is 7.22. The van der Waals surface area contributed by atoms with Crippen LogP contribution < -0.4 is 10.2 Å². The van der Waals surface area contributed by atoms with Crippen LogP contribution in [0, 0.1) is 13.8 Å². The summed E-state index contributed by atoms with van der Waals surface area (Å²) in [6, 6.07) is 17.5. The zero-order valence-electron chi connectivity index (χ0n) is 14.7. The van der Waals surface area contributed by atoms with E-state index in [4.69, 9.17) is 12.2 Å². The molecule has 2 N–H and O–H groups in total. The van der Waals surface area contributed by atoms with Crippen molar-refractivity contribution >= 4 is 23.0 Å². The van der Waals surface area contributed by atoms with Gasteiger partial charge < -0.3 is 15.1 Å². The van der Waals surface area contributed by atoms with Crippen LogP contribution in [0.2, 0.25) is 0 Å². The van der Waals surface area contributed by atoms with E-state index >= 15 is 0 Å². The highest BCUT2D eigenvalue weighted by molar-refractivity contribution is 7.80. The molecule has 0 saturated carbocycles. The summed E-state index contributed by atoms with van der Waals surface area (Å²) in [7, 11) is 2.26. The van der Waals surface area contributed by atoms with Crippen molar-refractivity contribution in [3.05, 3.63) is 65.2 Å². The second-order valence-electron chi connectivity index (χ2n) is 6.84. The molecule has 1 aliphatic heterocycles. The van der Waals surface area contributed by atoms with Gasteiger partial charge in [0, 0.05) is 5.69 Å². The molecule has 4 heteroatoms. The van der Waals surface area contributed by atoms with E-state index in [-0.39, 0.29) is 0 Å². The zero-order valence-corrected chi connectivity index (χ0v) is 15.5. The molecule has 1 heterocycles. The maximum Gasteiger partial charge on any atom is 0.174 e. The Morgan fingerprint density at radius 1 is 1.12 bits per heavy atom. The van der Waals surface area contributed by atoms with E-state index in [2.05, 4.69) is 79.6 Å². The molecule has 0 radical (unpaired) electrons. The first kappa shape index (κ1) is 16.9. The lowest BCUT2D eigenvalue weighted by Gasteiger charge is -2.39. The van der Waals surface area contributed by atoms with Crippen LogP contribution in [0.15, 0.2) is 48.5 Å². The minimum atomic E-state index is 0.325. The van der Waals surface area contributed by atoms with E-state index < -0.39 is 0 Å². The third kappa shape index (κ3) is 3.94. The van der Waals surface area contributed by atoms with Crippen molar-refractivity contribution in [2.75, 3.05) is 32.0 Å². The number of hydrogen-bond donors (Lipinski definition) is 2. The molecule has 3 rings (SSSR count). The van der Waals surface area contributed by atoms with Crippen molar-refractivity contribution in [1.82, 2.24) is 4.90 Å². The first-order valence-electron chi connectivity index (χ1n) is 8.55. The fourth-order valence-corrected chi connectivity index (χ4v) is 3.80. The third-order valence-corrected chi connectivity index (χ3v) is 4.95. The molecule has 0 amide bonds. The average Bonchev–Trinajstić information content (AvgIpc) is 2.54. The number of piperazine rings is 1. The van der Waals surface area contributed by atoms with Gasteiger partial charge in [0.15, 0.2) is 5.11 Å². The predicted molar refractivity (Wildman–Crippen MR) is 105 cm³/mol. The quantitative estimate of drug-likeness (QED) is 0.820. The van der Waals surface area contributed by atoms with Gasteiger partial charge in [-0.1, -0.05) is 36.4 Å². The number of likely N-dealkylation sites (N-methyl/N-ethyl adjacent to an activating group) is 1. The van der Waals surface area contributed by atoms with E-state index in [1.807, 2.05) is 0 Å². The van der Waals surface area contributed by atoms with Gasteiger partial charge in [0.25, 0.3) is 0 Å². The number of anilines is 1. The molecule has 126 valence electrons. The van der Waals surface area contributed by atoms with Gasteiger partial charge in [0.1, 0.15) is 12.6 Å². The van der Waals surface area contributed by atoms with Crippen LogP contribution in [-0.4, -0.2) is 36.7 Å². The van der Waals surface area contributed by atoms with Gasteiger partial charge in [-0.3, -0.25) is 0 Å².